The Balaban J connectivity index is 1.96. The Kier molecular flexibility index (Phi) is 6.88. The van der Waals surface area contributed by atoms with Crippen LogP contribution in [-0.4, -0.2) is 29.8 Å². The molecule has 3 aromatic rings. The van der Waals surface area contributed by atoms with E-state index in [0.29, 0.717) is 11.3 Å². The lowest BCUT2D eigenvalue weighted by molar-refractivity contribution is -0.384. The van der Waals surface area contributed by atoms with Crippen molar-refractivity contribution in [2.45, 2.75) is 20.8 Å². The number of ether oxygens (including phenoxy) is 1. The molecule has 2 N–H and O–H groups in total. The Morgan fingerprint density at radius 2 is 1.73 bits per heavy atom. The molecule has 1 heterocycles. The zero-order valence-electron chi connectivity index (χ0n) is 18.3. The molecular weight excluding hydrogens is 446 g/mol. The van der Waals surface area contributed by atoms with Crippen molar-refractivity contribution in [3.63, 3.8) is 0 Å². The number of carbonyl (C=O) groups is 3. The van der Waals surface area contributed by atoms with Crippen molar-refractivity contribution in [3.05, 3.63) is 85.3 Å². The molecule has 2 aromatic carbocycles. The van der Waals surface area contributed by atoms with Crippen LogP contribution in [-0.2, 0) is 4.74 Å². The van der Waals surface area contributed by atoms with Crippen molar-refractivity contribution < 1.29 is 24.0 Å². The highest BCUT2D eigenvalue weighted by molar-refractivity contribution is 7.19. The molecule has 2 amide bonds. The molecule has 0 radical (unpaired) electrons. The van der Waals surface area contributed by atoms with Crippen LogP contribution in [0.15, 0.2) is 42.5 Å². The standard InChI is InChI=1S/C23H21N3O6S/c1-12-8-9-13(2)17(10-12)24-21(28)19-14(3)18(23(29)32-4)22(33-19)25-20(27)15-6-5-7-16(11-15)26(30)31/h5-11H,1-4H3,(H,24,28)(H,25,27). The van der Waals surface area contributed by atoms with Crippen molar-refractivity contribution >= 4 is 45.5 Å². The van der Waals surface area contributed by atoms with Gasteiger partial charge in [-0.15, -0.1) is 11.3 Å². The van der Waals surface area contributed by atoms with Gasteiger partial charge in [-0.2, -0.15) is 0 Å². The number of rotatable bonds is 6. The zero-order valence-corrected chi connectivity index (χ0v) is 19.2. The third-order valence-corrected chi connectivity index (χ3v) is 6.14. The van der Waals surface area contributed by atoms with Crippen molar-refractivity contribution in [1.82, 2.24) is 0 Å². The number of carbonyl (C=O) groups excluding carboxylic acids is 3. The van der Waals surface area contributed by atoms with Crippen LogP contribution in [0.4, 0.5) is 16.4 Å². The van der Waals surface area contributed by atoms with Crippen molar-refractivity contribution in [2.24, 2.45) is 0 Å². The molecule has 0 spiro atoms. The van der Waals surface area contributed by atoms with Crippen LogP contribution in [0.5, 0.6) is 0 Å². The number of hydrogen-bond donors (Lipinski definition) is 2. The van der Waals surface area contributed by atoms with E-state index in [2.05, 4.69) is 10.6 Å². The van der Waals surface area contributed by atoms with Crippen LogP contribution >= 0.6 is 11.3 Å². The maximum Gasteiger partial charge on any atom is 0.341 e. The number of nitro groups is 1. The molecule has 33 heavy (non-hydrogen) atoms. The number of amides is 2. The third kappa shape index (κ3) is 5.07. The first-order valence-electron chi connectivity index (χ1n) is 9.78. The molecule has 1 aromatic heterocycles. The molecular formula is C23H21N3O6S. The zero-order chi connectivity index (χ0) is 24.3. The van der Waals surface area contributed by atoms with Gasteiger partial charge in [0.1, 0.15) is 5.00 Å². The summed E-state index contributed by atoms with van der Waals surface area (Å²) >= 11 is 0.922. The maximum absolute atomic E-state index is 13.0. The fourth-order valence-electron chi connectivity index (χ4n) is 3.15. The number of aryl methyl sites for hydroxylation is 2. The first-order chi connectivity index (χ1) is 15.6. The summed E-state index contributed by atoms with van der Waals surface area (Å²) in [6, 6.07) is 10.8. The number of non-ortho nitro benzene ring substituents is 1. The number of methoxy groups -OCH3 is 1. The first kappa shape index (κ1) is 23.6. The van der Waals surface area contributed by atoms with Gasteiger partial charge >= 0.3 is 5.97 Å². The first-order valence-corrected chi connectivity index (χ1v) is 10.6. The van der Waals surface area contributed by atoms with Gasteiger partial charge in [-0.3, -0.25) is 19.7 Å². The third-order valence-electron chi connectivity index (χ3n) is 4.93. The average Bonchev–Trinajstić information content (AvgIpc) is 3.11. The van der Waals surface area contributed by atoms with E-state index in [1.54, 1.807) is 6.92 Å². The number of nitrogens with zero attached hydrogens (tertiary/aromatic N) is 1. The molecule has 0 aliphatic carbocycles. The second kappa shape index (κ2) is 9.61. The molecule has 0 fully saturated rings. The van der Waals surface area contributed by atoms with Gasteiger partial charge in [0.15, 0.2) is 0 Å². The number of hydrogen-bond acceptors (Lipinski definition) is 7. The molecule has 9 nitrogen and oxygen atoms in total. The van der Waals surface area contributed by atoms with E-state index < -0.39 is 22.7 Å². The second-order valence-corrected chi connectivity index (χ2v) is 8.31. The lowest BCUT2D eigenvalue weighted by Gasteiger charge is -2.09. The number of benzene rings is 2. The van der Waals surface area contributed by atoms with Crippen molar-refractivity contribution in [2.75, 3.05) is 17.7 Å². The summed E-state index contributed by atoms with van der Waals surface area (Å²) in [5, 5.41) is 16.5. The van der Waals surface area contributed by atoms with E-state index in [1.165, 1.54) is 25.3 Å². The fraction of sp³-hybridized carbons (Fsp3) is 0.174. The normalized spacial score (nSPS) is 10.4. The summed E-state index contributed by atoms with van der Waals surface area (Å²) in [6.07, 6.45) is 0. The van der Waals surface area contributed by atoms with E-state index in [9.17, 15) is 24.5 Å². The highest BCUT2D eigenvalue weighted by Crippen LogP contribution is 2.35. The molecule has 10 heteroatoms. The fourth-order valence-corrected chi connectivity index (χ4v) is 4.24. The predicted octanol–water partition coefficient (Wildman–Crippen LogP) is 4.87. The van der Waals surface area contributed by atoms with Crippen LogP contribution in [0.25, 0.3) is 0 Å². The van der Waals surface area contributed by atoms with Crippen LogP contribution in [0.1, 0.15) is 47.1 Å². The summed E-state index contributed by atoms with van der Waals surface area (Å²) in [4.78, 5) is 48.8. The quantitative estimate of drug-likeness (QED) is 0.302. The van der Waals surface area contributed by atoms with Gasteiger partial charge in [-0.1, -0.05) is 18.2 Å². The Morgan fingerprint density at radius 1 is 1.00 bits per heavy atom. The number of esters is 1. The van der Waals surface area contributed by atoms with Gasteiger partial charge < -0.3 is 15.4 Å². The highest BCUT2D eigenvalue weighted by Gasteiger charge is 2.27. The molecule has 3 rings (SSSR count). The van der Waals surface area contributed by atoms with Crippen LogP contribution in [0.3, 0.4) is 0 Å². The number of thiophene rings is 1. The maximum atomic E-state index is 13.0. The van der Waals surface area contributed by atoms with E-state index in [0.717, 1.165) is 28.5 Å². The minimum atomic E-state index is -0.719. The van der Waals surface area contributed by atoms with Gasteiger partial charge in [-0.25, -0.2) is 4.79 Å². The molecule has 0 aliphatic rings. The van der Waals surface area contributed by atoms with Gasteiger partial charge in [0.2, 0.25) is 0 Å². The second-order valence-electron chi connectivity index (χ2n) is 7.29. The summed E-state index contributed by atoms with van der Waals surface area (Å²) in [6.45, 7) is 5.35. The van der Waals surface area contributed by atoms with Gasteiger partial charge in [-0.05, 0) is 49.6 Å². The Morgan fingerprint density at radius 3 is 2.39 bits per heavy atom. The van der Waals surface area contributed by atoms with Gasteiger partial charge in [0.05, 0.1) is 22.5 Å². The number of anilines is 2. The lowest BCUT2D eigenvalue weighted by atomic mass is 10.1. The largest absolute Gasteiger partial charge is 0.465 e. The van der Waals surface area contributed by atoms with Gasteiger partial charge in [0.25, 0.3) is 17.5 Å². The summed E-state index contributed by atoms with van der Waals surface area (Å²) in [5.74, 6) is -1.82. The minimum Gasteiger partial charge on any atom is -0.465 e. The monoisotopic (exact) mass is 467 g/mol. The predicted molar refractivity (Wildman–Crippen MR) is 125 cm³/mol. The summed E-state index contributed by atoms with van der Waals surface area (Å²) < 4.78 is 4.84. The number of nitro benzene ring substituents is 1. The van der Waals surface area contributed by atoms with E-state index in [-0.39, 0.29) is 26.7 Å². The molecule has 0 aliphatic heterocycles. The van der Waals surface area contributed by atoms with Crippen LogP contribution in [0, 0.1) is 30.9 Å². The van der Waals surface area contributed by atoms with E-state index in [4.69, 9.17) is 4.74 Å². The van der Waals surface area contributed by atoms with Crippen LogP contribution in [0.2, 0.25) is 0 Å². The van der Waals surface area contributed by atoms with E-state index in [1.807, 2.05) is 32.0 Å². The topological polar surface area (TPSA) is 128 Å². The molecule has 0 unspecified atom stereocenters. The van der Waals surface area contributed by atoms with Crippen molar-refractivity contribution in [3.8, 4) is 0 Å². The smallest absolute Gasteiger partial charge is 0.341 e. The van der Waals surface area contributed by atoms with Crippen molar-refractivity contribution in [1.29, 1.82) is 0 Å². The molecule has 0 saturated heterocycles. The van der Waals surface area contributed by atoms with E-state index >= 15 is 0 Å². The molecule has 170 valence electrons. The molecule has 0 saturated carbocycles. The molecule has 0 bridgehead atoms. The molecule has 0 atom stereocenters. The summed E-state index contributed by atoms with van der Waals surface area (Å²) in [7, 11) is 1.20. The average molecular weight is 468 g/mol. The lowest BCUT2D eigenvalue weighted by Crippen LogP contribution is -2.14. The number of nitrogens with one attached hydrogen (secondary N) is 2. The SMILES string of the molecule is COC(=O)c1c(NC(=O)c2cccc([N+](=O)[O-])c2)sc(C(=O)Nc2cc(C)ccc2C)c1C. The Bertz CT molecular complexity index is 1280. The summed E-state index contributed by atoms with van der Waals surface area (Å²) in [5.41, 5.74) is 2.67. The van der Waals surface area contributed by atoms with Gasteiger partial charge in [0, 0.05) is 23.4 Å². The Hall–Kier alpha value is -4.05. The Labute approximate surface area is 193 Å². The van der Waals surface area contributed by atoms with Crippen LogP contribution < -0.4 is 10.6 Å². The highest BCUT2D eigenvalue weighted by atomic mass is 32.1. The minimum absolute atomic E-state index is 0.0347.